The number of rotatable bonds is 4. The van der Waals surface area contributed by atoms with Gasteiger partial charge in [-0.1, -0.05) is 5.21 Å². The highest BCUT2D eigenvalue weighted by atomic mass is 19.2. The molecule has 1 aromatic carbocycles. The highest BCUT2D eigenvalue weighted by molar-refractivity contribution is 5.94. The first-order chi connectivity index (χ1) is 13.9. The zero-order valence-corrected chi connectivity index (χ0v) is 15.6. The van der Waals surface area contributed by atoms with Gasteiger partial charge in [-0.05, 0) is 31.0 Å². The number of aromatic nitrogens is 3. The molecule has 154 valence electrons. The van der Waals surface area contributed by atoms with Crippen LogP contribution in [0.4, 0.5) is 13.2 Å². The maximum Gasteiger partial charge on any atom is 0.276 e. The Bertz CT molecular complexity index is 928. The number of carbonyl (C=O) groups excluding carboxylic acids is 2. The van der Waals surface area contributed by atoms with Crippen LogP contribution in [-0.2, 0) is 6.54 Å². The molecule has 2 amide bonds. The van der Waals surface area contributed by atoms with E-state index < -0.39 is 29.8 Å². The molecule has 2 aliphatic rings. The van der Waals surface area contributed by atoms with Crippen LogP contribution in [0.25, 0.3) is 0 Å². The van der Waals surface area contributed by atoms with Crippen molar-refractivity contribution in [2.75, 3.05) is 19.6 Å². The molecule has 1 aromatic heterocycles. The highest BCUT2D eigenvalue weighted by Gasteiger charge is 2.36. The number of likely N-dealkylation sites (tertiary alicyclic amines) is 2. The number of amides is 2. The number of hydrogen-bond donors (Lipinski definition) is 0. The Hall–Kier alpha value is -2.91. The Labute approximate surface area is 165 Å². The molecular formula is C19H20F3N5O2. The first-order valence-corrected chi connectivity index (χ1v) is 9.52. The van der Waals surface area contributed by atoms with E-state index in [1.54, 1.807) is 4.90 Å². The normalized spacial score (nSPS) is 21.8. The molecule has 2 aliphatic heterocycles. The molecule has 7 nitrogen and oxygen atoms in total. The second-order valence-corrected chi connectivity index (χ2v) is 7.40. The van der Waals surface area contributed by atoms with Gasteiger partial charge in [0.2, 0.25) is 0 Å². The summed E-state index contributed by atoms with van der Waals surface area (Å²) in [5.74, 6) is -2.97. The average Bonchev–Trinajstić information content (AvgIpc) is 3.44. The molecule has 0 saturated carbocycles. The van der Waals surface area contributed by atoms with Crippen molar-refractivity contribution in [3.63, 3.8) is 0 Å². The summed E-state index contributed by atoms with van der Waals surface area (Å²) < 4.78 is 42.1. The second kappa shape index (κ2) is 7.84. The number of hydrogen-bond acceptors (Lipinski definition) is 4. The van der Waals surface area contributed by atoms with E-state index >= 15 is 0 Å². The molecule has 4 rings (SSSR count). The number of nitrogens with zero attached hydrogens (tertiary/aromatic N) is 5. The topological polar surface area (TPSA) is 71.3 Å². The third-order valence-corrected chi connectivity index (χ3v) is 5.34. The SMILES string of the molecule is O=C(c1cn(CC2CC(F)CN2C(=O)c2ccc(F)c(F)c2)nn1)N1CCCC1. The van der Waals surface area contributed by atoms with E-state index in [1.807, 2.05) is 0 Å². The fraction of sp³-hybridized carbons (Fsp3) is 0.474. The summed E-state index contributed by atoms with van der Waals surface area (Å²) >= 11 is 0. The van der Waals surface area contributed by atoms with Gasteiger partial charge in [-0.25, -0.2) is 17.9 Å². The lowest BCUT2D eigenvalue weighted by Crippen LogP contribution is -2.38. The lowest BCUT2D eigenvalue weighted by Gasteiger charge is -2.24. The minimum Gasteiger partial charge on any atom is -0.337 e. The van der Waals surface area contributed by atoms with Gasteiger partial charge in [-0.3, -0.25) is 9.59 Å². The number of benzene rings is 1. The molecule has 0 aliphatic carbocycles. The molecule has 2 saturated heterocycles. The van der Waals surface area contributed by atoms with E-state index in [1.165, 1.54) is 21.8 Å². The van der Waals surface area contributed by atoms with E-state index in [-0.39, 0.29) is 36.7 Å². The van der Waals surface area contributed by atoms with E-state index in [0.717, 1.165) is 25.0 Å². The molecule has 3 heterocycles. The summed E-state index contributed by atoms with van der Waals surface area (Å²) in [5, 5.41) is 7.84. The third kappa shape index (κ3) is 3.96. The summed E-state index contributed by atoms with van der Waals surface area (Å²) in [6.45, 7) is 1.38. The van der Waals surface area contributed by atoms with Crippen molar-refractivity contribution in [3.05, 3.63) is 47.3 Å². The first-order valence-electron chi connectivity index (χ1n) is 9.52. The van der Waals surface area contributed by atoms with Gasteiger partial charge >= 0.3 is 0 Å². The Morgan fingerprint density at radius 1 is 1.10 bits per heavy atom. The molecule has 10 heteroatoms. The number of alkyl halides is 1. The van der Waals surface area contributed by atoms with Crippen LogP contribution >= 0.6 is 0 Å². The zero-order valence-electron chi connectivity index (χ0n) is 15.6. The van der Waals surface area contributed by atoms with Crippen LogP contribution in [0.5, 0.6) is 0 Å². The smallest absolute Gasteiger partial charge is 0.276 e. The van der Waals surface area contributed by atoms with Gasteiger partial charge in [0, 0.05) is 25.1 Å². The van der Waals surface area contributed by atoms with Crippen LogP contribution in [0.1, 0.15) is 40.1 Å². The molecule has 0 spiro atoms. The predicted molar refractivity (Wildman–Crippen MR) is 95.9 cm³/mol. The number of carbonyl (C=O) groups is 2. The second-order valence-electron chi connectivity index (χ2n) is 7.40. The molecule has 0 N–H and O–H groups in total. The van der Waals surface area contributed by atoms with Crippen molar-refractivity contribution < 1.29 is 22.8 Å². The Kier molecular flexibility index (Phi) is 5.25. The Balaban J connectivity index is 1.48. The zero-order chi connectivity index (χ0) is 20.5. The third-order valence-electron chi connectivity index (χ3n) is 5.34. The van der Waals surface area contributed by atoms with Crippen molar-refractivity contribution in [2.24, 2.45) is 0 Å². The fourth-order valence-corrected chi connectivity index (χ4v) is 3.86. The quantitative estimate of drug-likeness (QED) is 0.778. The molecule has 0 radical (unpaired) electrons. The molecule has 2 atom stereocenters. The summed E-state index contributed by atoms with van der Waals surface area (Å²) in [7, 11) is 0. The van der Waals surface area contributed by atoms with Crippen LogP contribution in [0.3, 0.4) is 0 Å². The van der Waals surface area contributed by atoms with Crippen LogP contribution in [0.15, 0.2) is 24.4 Å². The highest BCUT2D eigenvalue weighted by Crippen LogP contribution is 2.24. The summed E-state index contributed by atoms with van der Waals surface area (Å²) in [5.41, 5.74) is 0.159. The van der Waals surface area contributed by atoms with Crippen molar-refractivity contribution >= 4 is 11.8 Å². The summed E-state index contributed by atoms with van der Waals surface area (Å²) in [6, 6.07) is 2.31. The van der Waals surface area contributed by atoms with Crippen molar-refractivity contribution in [3.8, 4) is 0 Å². The first kappa shape index (κ1) is 19.4. The molecule has 2 aromatic rings. The van der Waals surface area contributed by atoms with Gasteiger partial charge in [0.25, 0.3) is 11.8 Å². The minimum atomic E-state index is -1.23. The Morgan fingerprint density at radius 2 is 1.86 bits per heavy atom. The fourth-order valence-electron chi connectivity index (χ4n) is 3.86. The van der Waals surface area contributed by atoms with E-state index in [2.05, 4.69) is 10.3 Å². The average molecular weight is 407 g/mol. The molecule has 29 heavy (non-hydrogen) atoms. The molecular weight excluding hydrogens is 387 g/mol. The predicted octanol–water partition coefficient (Wildman–Crippen LogP) is 2.05. The maximum atomic E-state index is 14.0. The van der Waals surface area contributed by atoms with Crippen molar-refractivity contribution in [2.45, 2.75) is 38.0 Å². The molecule has 2 fully saturated rings. The van der Waals surface area contributed by atoms with Crippen LogP contribution in [-0.4, -0.2) is 68.5 Å². The van der Waals surface area contributed by atoms with Gasteiger partial charge in [0.1, 0.15) is 6.17 Å². The van der Waals surface area contributed by atoms with Crippen molar-refractivity contribution in [1.82, 2.24) is 24.8 Å². The lowest BCUT2D eigenvalue weighted by molar-refractivity contribution is 0.0712. The van der Waals surface area contributed by atoms with Gasteiger partial charge < -0.3 is 9.80 Å². The van der Waals surface area contributed by atoms with Gasteiger partial charge in [-0.15, -0.1) is 5.10 Å². The van der Waals surface area contributed by atoms with Crippen LogP contribution in [0, 0.1) is 11.6 Å². The summed E-state index contributed by atoms with van der Waals surface area (Å²) in [6.07, 6.45) is 2.27. The van der Waals surface area contributed by atoms with Gasteiger partial charge in [0.15, 0.2) is 17.3 Å². The van der Waals surface area contributed by atoms with E-state index in [4.69, 9.17) is 0 Å². The Morgan fingerprint density at radius 3 is 2.59 bits per heavy atom. The van der Waals surface area contributed by atoms with Gasteiger partial charge in [-0.2, -0.15) is 0 Å². The standard InChI is InChI=1S/C19H20F3N5O2/c20-13-8-14(27(9-13)18(28)12-3-4-15(21)16(22)7-12)10-26-11-17(23-24-26)19(29)25-5-1-2-6-25/h3-4,7,11,13-14H,1-2,5-6,8-10H2. The largest absolute Gasteiger partial charge is 0.337 e. The van der Waals surface area contributed by atoms with Crippen molar-refractivity contribution in [1.29, 1.82) is 0 Å². The van der Waals surface area contributed by atoms with E-state index in [9.17, 15) is 22.8 Å². The van der Waals surface area contributed by atoms with E-state index in [0.29, 0.717) is 13.1 Å². The summed E-state index contributed by atoms with van der Waals surface area (Å²) in [4.78, 5) is 28.1. The van der Waals surface area contributed by atoms with Crippen LogP contribution < -0.4 is 0 Å². The molecule has 2 unspecified atom stereocenters. The van der Waals surface area contributed by atoms with Crippen LogP contribution in [0.2, 0.25) is 0 Å². The molecule has 0 bridgehead atoms. The minimum absolute atomic E-state index is 0.0495. The lowest BCUT2D eigenvalue weighted by atomic mass is 10.1. The maximum absolute atomic E-state index is 14.0. The monoisotopic (exact) mass is 407 g/mol. The number of halogens is 3. The van der Waals surface area contributed by atoms with Gasteiger partial charge in [0.05, 0.1) is 25.3 Å².